The molecule has 2 amide bonds. The van der Waals surface area contributed by atoms with Crippen molar-refractivity contribution in [1.82, 2.24) is 63.9 Å². The van der Waals surface area contributed by atoms with E-state index in [0.717, 1.165) is 42.9 Å². The SMILES string of the molecule is COc1cc(-n2cnc(N)c2)cc(OC)c1OC.COc1cc(-n2cnc(Nc3nc(Cl)nc4cc(C#N)ccc34)c2)cc(OC)c1OC.COc1cc(-n2cnc(Nc3nc(N4CCC[C@H]4C(N)=O)nc4cc(C#N)ccc34)c2)cc(OC)c1OC.N#Cc1ccc2c(Cl)nc(Cl)nc2c1.NC(=O)[C@@H]1CCCN1. The molecule has 0 bridgehead atoms. The number of hydrogen-bond donors (Lipinski definition) is 6. The number of nitrogens with zero attached hydrogens (tertiary/aromatic N) is 16. The first-order valence-corrected chi connectivity index (χ1v) is 33.9. The number of hydrogen-bond acceptors (Lipinski definition) is 28. The minimum atomic E-state index is -0.487. The summed E-state index contributed by atoms with van der Waals surface area (Å²) in [6, 6.07) is 31.9. The Bertz CT molecular complexity index is 5370. The Morgan fingerprint density at radius 1 is 0.486 bits per heavy atom. The van der Waals surface area contributed by atoms with Gasteiger partial charge >= 0.3 is 0 Å². The van der Waals surface area contributed by atoms with Crippen LogP contribution in [0.25, 0.3) is 49.8 Å². The third kappa shape index (κ3) is 18.5. The number of carbonyl (C=O) groups excluding carboxylic acids is 2. The first-order valence-electron chi connectivity index (χ1n) is 32.8. The summed E-state index contributed by atoms with van der Waals surface area (Å²) in [5.41, 5.74) is 21.7. The number of primary amides is 2. The molecular formula is C73H71Cl3N22O11. The maximum absolute atomic E-state index is 12.0. The molecule has 6 aromatic heterocycles. The molecule has 14 rings (SSSR count). The summed E-state index contributed by atoms with van der Waals surface area (Å²) in [5.74, 6) is 6.99. The second-order valence-corrected chi connectivity index (χ2v) is 24.3. The lowest BCUT2D eigenvalue weighted by molar-refractivity contribution is -0.120. The average molecular weight is 1540 g/mol. The van der Waals surface area contributed by atoms with Crippen molar-refractivity contribution in [2.75, 3.05) is 98.3 Å². The summed E-state index contributed by atoms with van der Waals surface area (Å²) in [7, 11) is 14.0. The van der Waals surface area contributed by atoms with Crippen molar-refractivity contribution < 1.29 is 52.2 Å². The fraction of sp³-hybridized carbons (Fsp3) is 0.233. The molecule has 33 nitrogen and oxygen atoms in total. The Kier molecular flexibility index (Phi) is 25.9. The number of rotatable bonds is 19. The van der Waals surface area contributed by atoms with Crippen molar-refractivity contribution in [1.29, 1.82) is 15.8 Å². The maximum atomic E-state index is 12.0. The van der Waals surface area contributed by atoms with Crippen LogP contribution < -0.4 is 80.7 Å². The molecule has 6 aromatic carbocycles. The van der Waals surface area contributed by atoms with E-state index in [2.05, 4.69) is 68.0 Å². The summed E-state index contributed by atoms with van der Waals surface area (Å²) in [6.45, 7) is 1.54. The van der Waals surface area contributed by atoms with Crippen LogP contribution >= 0.6 is 34.8 Å². The van der Waals surface area contributed by atoms with Crippen molar-refractivity contribution in [2.24, 2.45) is 11.5 Å². The number of methoxy groups -OCH3 is 9. The lowest BCUT2D eigenvalue weighted by atomic mass is 10.1. The van der Waals surface area contributed by atoms with E-state index in [1.807, 2.05) is 42.5 Å². The van der Waals surface area contributed by atoms with Crippen molar-refractivity contribution in [3.05, 3.63) is 161 Å². The van der Waals surface area contributed by atoms with Gasteiger partial charge in [-0.25, -0.2) is 34.9 Å². The fourth-order valence-electron chi connectivity index (χ4n) is 11.5. The highest BCUT2D eigenvalue weighted by Crippen LogP contribution is 2.43. The summed E-state index contributed by atoms with van der Waals surface area (Å²) < 4.78 is 53.7. The van der Waals surface area contributed by atoms with Crippen LogP contribution in [0.4, 0.5) is 35.0 Å². The van der Waals surface area contributed by atoms with Gasteiger partial charge in [-0.2, -0.15) is 25.8 Å². The van der Waals surface area contributed by atoms with Crippen LogP contribution in [0, 0.1) is 34.0 Å². The highest BCUT2D eigenvalue weighted by Gasteiger charge is 2.32. The predicted molar refractivity (Wildman–Crippen MR) is 408 cm³/mol. The van der Waals surface area contributed by atoms with Gasteiger partial charge in [-0.15, -0.1) is 0 Å². The summed E-state index contributed by atoms with van der Waals surface area (Å²) in [4.78, 5) is 62.7. The summed E-state index contributed by atoms with van der Waals surface area (Å²) in [5, 5.41) is 39.1. The van der Waals surface area contributed by atoms with Crippen molar-refractivity contribution in [2.45, 2.75) is 37.8 Å². The van der Waals surface area contributed by atoms with Crippen molar-refractivity contribution >= 4 is 114 Å². The Morgan fingerprint density at radius 2 is 0.890 bits per heavy atom. The number of imidazole rings is 3. The van der Waals surface area contributed by atoms with E-state index in [4.69, 9.17) is 110 Å². The number of nitrogens with one attached hydrogen (secondary N) is 3. The summed E-state index contributed by atoms with van der Waals surface area (Å²) >= 11 is 17.5. The number of carbonyl (C=O) groups is 2. The number of amides is 2. The van der Waals surface area contributed by atoms with Crippen LogP contribution in [-0.4, -0.2) is 160 Å². The van der Waals surface area contributed by atoms with E-state index in [9.17, 15) is 14.9 Å². The molecule has 2 fully saturated rings. The third-order valence-corrected chi connectivity index (χ3v) is 17.3. The quantitative estimate of drug-likeness (QED) is 0.0323. The number of nitrogens with two attached hydrogens (primary N) is 3. The molecule has 0 unspecified atom stereocenters. The minimum absolute atomic E-state index is 0.0463. The number of ether oxygens (including phenoxy) is 9. The smallest absolute Gasteiger partial charge is 0.240 e. The first kappa shape index (κ1) is 78.2. The van der Waals surface area contributed by atoms with E-state index < -0.39 is 11.9 Å². The molecule has 2 aliphatic rings. The lowest BCUT2D eigenvalue weighted by Crippen LogP contribution is -2.41. The molecule has 2 atom stereocenters. The van der Waals surface area contributed by atoms with Crippen molar-refractivity contribution in [3.63, 3.8) is 0 Å². The number of fused-ring (bicyclic) bond motifs is 3. The Morgan fingerprint density at radius 3 is 1.27 bits per heavy atom. The standard InChI is InChI=1S/C26H26N8O4.C21H17ClN6O3.C12H15N3O3.C9H3Cl2N3.C5H10N2O/c1-36-20-10-16(11-21(37-2)23(20)38-3)33-13-22(29-14-33)31-25-17-7-6-15(12-27)9-18(17)30-26(32-25)34-8-4-5-19(34)24(28)35;1-29-16-7-13(8-17(30-2)19(16)31-3)28-10-18(24-11-28)26-20-14-5-4-12(9-23)6-15(14)25-21(22)27-20;1-16-9-4-8(15-6-11(13)14-7-15)5-10(17-2)12(9)18-3;10-8-6-2-1-5(4-12)3-7(6)13-9(11)14-8;6-5(8)4-2-1-3-7-4/h6-7,9-11,13-14,19H,4-5,8H2,1-3H3,(H2,28,35)(H,30,31,32);4-8,10-11H,1-3H3,(H,25,26,27);4-7H,13H2,1-3H3;1-3H;4,7H,1-3H2,(H2,6,8)/t19-;;;;4-/m0...0/s1. The zero-order chi connectivity index (χ0) is 78.0. The zero-order valence-electron chi connectivity index (χ0n) is 60.0. The molecule has 2 saturated heterocycles. The monoisotopic (exact) mass is 1540 g/mol. The highest BCUT2D eigenvalue weighted by atomic mass is 35.5. The van der Waals surface area contributed by atoms with E-state index in [-0.39, 0.29) is 22.5 Å². The van der Waals surface area contributed by atoms with E-state index in [0.29, 0.717) is 154 Å². The summed E-state index contributed by atoms with van der Waals surface area (Å²) in [6.07, 6.45) is 13.6. The van der Waals surface area contributed by atoms with Gasteiger partial charge in [-0.05, 0) is 110 Å². The maximum Gasteiger partial charge on any atom is 0.240 e. The molecule has 12 aromatic rings. The van der Waals surface area contributed by atoms with Gasteiger partial charge in [0.2, 0.25) is 45.6 Å². The van der Waals surface area contributed by atoms with Crippen LogP contribution in [-0.2, 0) is 9.59 Å². The second-order valence-electron chi connectivity index (χ2n) is 23.3. The number of nitriles is 3. The van der Waals surface area contributed by atoms with Crippen LogP contribution in [0.2, 0.25) is 15.7 Å². The molecule has 0 radical (unpaired) electrons. The molecule has 36 heteroatoms. The lowest BCUT2D eigenvalue weighted by Gasteiger charge is -2.23. The Labute approximate surface area is 638 Å². The number of aromatic nitrogens is 12. The van der Waals surface area contributed by atoms with Gasteiger partial charge in [0.05, 0.1) is 157 Å². The largest absolute Gasteiger partial charge is 0.493 e. The molecule has 0 aliphatic carbocycles. The molecule has 109 heavy (non-hydrogen) atoms. The zero-order valence-corrected chi connectivity index (χ0v) is 62.3. The Balaban J connectivity index is 0.000000158. The number of anilines is 6. The molecule has 560 valence electrons. The third-order valence-electron chi connectivity index (χ3n) is 16.7. The van der Waals surface area contributed by atoms with Gasteiger partial charge in [0.1, 0.15) is 59.3 Å². The second kappa shape index (κ2) is 36.1. The molecule has 8 heterocycles. The number of nitrogen functional groups attached to an aromatic ring is 1. The van der Waals surface area contributed by atoms with Gasteiger partial charge in [-0.1, -0.05) is 11.6 Å². The predicted octanol–water partition coefficient (Wildman–Crippen LogP) is 10.5. The van der Waals surface area contributed by atoms with Crippen LogP contribution in [0.3, 0.4) is 0 Å². The minimum Gasteiger partial charge on any atom is -0.493 e. The topological polar surface area (TPSA) is 437 Å². The number of halogens is 3. The van der Waals surface area contributed by atoms with Crippen LogP contribution in [0.5, 0.6) is 51.7 Å². The highest BCUT2D eigenvalue weighted by molar-refractivity contribution is 6.35. The number of benzene rings is 6. The van der Waals surface area contributed by atoms with Crippen molar-refractivity contribution in [3.8, 4) is 87.0 Å². The molecule has 0 spiro atoms. The van der Waals surface area contributed by atoms with Crippen LogP contribution in [0.1, 0.15) is 42.4 Å². The molecule has 9 N–H and O–H groups in total. The van der Waals surface area contributed by atoms with Gasteiger partial charge in [0.25, 0.3) is 0 Å². The molecular weight excluding hydrogens is 1470 g/mol. The van der Waals surface area contributed by atoms with Gasteiger partial charge in [0.15, 0.2) is 34.5 Å². The molecule has 2 aliphatic heterocycles. The van der Waals surface area contributed by atoms with Gasteiger partial charge in [-0.3, -0.25) is 9.59 Å². The van der Waals surface area contributed by atoms with E-state index in [1.165, 1.54) is 0 Å². The Hall–Kier alpha value is -13.4. The van der Waals surface area contributed by atoms with Gasteiger partial charge < -0.3 is 94.4 Å². The first-order chi connectivity index (χ1) is 52.7. The van der Waals surface area contributed by atoms with Crippen LogP contribution in [0.15, 0.2) is 129 Å². The van der Waals surface area contributed by atoms with E-state index >= 15 is 0 Å². The van der Waals surface area contributed by atoms with Gasteiger partial charge in [0, 0.05) is 59.1 Å². The molecule has 0 saturated carbocycles. The normalized spacial score (nSPS) is 13.2. The average Bonchev–Trinajstić information content (AvgIpc) is 1.78. The van der Waals surface area contributed by atoms with E-state index in [1.54, 1.807) is 175 Å². The fourth-order valence-corrected chi connectivity index (χ4v) is 12.1.